The van der Waals surface area contributed by atoms with E-state index < -0.39 is 8.25 Å². The van der Waals surface area contributed by atoms with E-state index in [0.717, 1.165) is 0 Å². The minimum atomic E-state index is -3.13. The van der Waals surface area contributed by atoms with Gasteiger partial charge in [-0.2, -0.15) is 0 Å². The van der Waals surface area contributed by atoms with E-state index in [2.05, 4.69) is 13.8 Å². The van der Waals surface area contributed by atoms with Crippen molar-refractivity contribution in [2.45, 2.75) is 20.3 Å². The topological polar surface area (TPSA) is 57.5 Å². The van der Waals surface area contributed by atoms with Gasteiger partial charge in [-0.25, -0.2) is 0 Å². The first kappa shape index (κ1) is 10.2. The van der Waals surface area contributed by atoms with E-state index in [1.807, 2.05) is 0 Å². The molecule has 0 aliphatic rings. The zero-order valence-corrected chi connectivity index (χ0v) is 5.51. The van der Waals surface area contributed by atoms with Gasteiger partial charge < -0.3 is 9.79 Å². The molecule has 0 aromatic heterocycles. The average molecular weight is 126 g/mol. The molecule has 0 saturated heterocycles. The molecule has 0 fully saturated rings. The molecule has 7 heavy (non-hydrogen) atoms. The smallest absolute Gasteiger partial charge is 0.314 e. The quantitative estimate of drug-likeness (QED) is 0.471. The molecule has 0 radical (unpaired) electrons. The van der Waals surface area contributed by atoms with Crippen LogP contribution >= 0.6 is 8.25 Å². The van der Waals surface area contributed by atoms with Crippen molar-refractivity contribution in [1.82, 2.24) is 0 Å². The lowest BCUT2D eigenvalue weighted by atomic mass is 10.6. The van der Waals surface area contributed by atoms with Crippen LogP contribution in [0.5, 0.6) is 0 Å². The van der Waals surface area contributed by atoms with E-state index in [1.165, 1.54) is 6.42 Å². The molecule has 3 nitrogen and oxygen atoms in total. The van der Waals surface area contributed by atoms with Crippen LogP contribution in [0, 0.1) is 0 Å². The van der Waals surface area contributed by atoms with E-state index in [4.69, 9.17) is 14.4 Å². The second-order valence-corrected chi connectivity index (χ2v) is 1.55. The second kappa shape index (κ2) is 9.47. The first-order valence-corrected chi connectivity index (χ1v) is 3.37. The molecule has 0 aliphatic heterocycles. The fourth-order valence-electron chi connectivity index (χ4n) is 0. The van der Waals surface area contributed by atoms with Crippen molar-refractivity contribution in [1.29, 1.82) is 0 Å². The second-order valence-electron chi connectivity index (χ2n) is 0.990. The van der Waals surface area contributed by atoms with Gasteiger partial charge in [-0.05, 0) is 0 Å². The van der Waals surface area contributed by atoms with Crippen molar-refractivity contribution < 1.29 is 14.4 Å². The largest absolute Gasteiger partial charge is 0.326 e. The van der Waals surface area contributed by atoms with Crippen LogP contribution in [0.4, 0.5) is 0 Å². The van der Waals surface area contributed by atoms with Gasteiger partial charge in [0.05, 0.1) is 0 Å². The van der Waals surface area contributed by atoms with Crippen LogP contribution in [0.25, 0.3) is 0 Å². The summed E-state index contributed by atoms with van der Waals surface area (Å²) in [6.07, 6.45) is 1.25. The monoisotopic (exact) mass is 126 g/mol. The highest BCUT2D eigenvalue weighted by Gasteiger charge is 1.61. The fourth-order valence-corrected chi connectivity index (χ4v) is 0. The van der Waals surface area contributed by atoms with Crippen molar-refractivity contribution in [2.24, 2.45) is 0 Å². The summed E-state index contributed by atoms with van der Waals surface area (Å²) in [4.78, 5) is 14.3. The zero-order chi connectivity index (χ0) is 6.28. The molecule has 0 rings (SSSR count). The summed E-state index contributed by atoms with van der Waals surface area (Å²) in [5.41, 5.74) is 0. The third-order valence-corrected chi connectivity index (χ3v) is 0. The number of hydrogen-bond donors (Lipinski definition) is 2. The van der Waals surface area contributed by atoms with Crippen LogP contribution in [0.1, 0.15) is 20.3 Å². The van der Waals surface area contributed by atoms with Gasteiger partial charge in [-0.3, -0.25) is 4.57 Å². The highest BCUT2D eigenvalue weighted by molar-refractivity contribution is 7.30. The third-order valence-electron chi connectivity index (χ3n) is 0. The van der Waals surface area contributed by atoms with Crippen LogP contribution in [-0.4, -0.2) is 9.79 Å². The Morgan fingerprint density at radius 1 is 1.43 bits per heavy atom. The summed E-state index contributed by atoms with van der Waals surface area (Å²) in [6.45, 7) is 4.25. The molecule has 0 unspecified atom stereocenters. The predicted octanol–water partition coefficient (Wildman–Crippen LogP) is 0.777. The van der Waals surface area contributed by atoms with Crippen molar-refractivity contribution in [3.05, 3.63) is 0 Å². The molecule has 0 aromatic rings. The van der Waals surface area contributed by atoms with Crippen LogP contribution in [0.15, 0.2) is 0 Å². The minimum Gasteiger partial charge on any atom is -0.326 e. The summed E-state index contributed by atoms with van der Waals surface area (Å²) in [7, 11) is -3.13. The van der Waals surface area contributed by atoms with E-state index in [9.17, 15) is 0 Å². The molecule has 0 bridgehead atoms. The van der Waals surface area contributed by atoms with Crippen LogP contribution in [0.2, 0.25) is 0 Å². The van der Waals surface area contributed by atoms with Crippen molar-refractivity contribution >= 4 is 8.25 Å². The molecule has 0 aromatic carbocycles. The standard InChI is InChI=1S/C3H8.H3O3P/c1-3-2;1-4(2)3/h3H2,1-2H3;4H,(H2,1,2,3). The van der Waals surface area contributed by atoms with Crippen LogP contribution in [0.3, 0.4) is 0 Å². The van der Waals surface area contributed by atoms with Gasteiger partial charge in [-0.1, -0.05) is 20.3 Å². The van der Waals surface area contributed by atoms with Gasteiger partial charge in [-0.15, -0.1) is 0 Å². The van der Waals surface area contributed by atoms with E-state index >= 15 is 0 Å². The molecule has 46 valence electrons. The number of rotatable bonds is 0. The van der Waals surface area contributed by atoms with Crippen LogP contribution < -0.4 is 0 Å². The van der Waals surface area contributed by atoms with Gasteiger partial charge in [0.2, 0.25) is 0 Å². The van der Waals surface area contributed by atoms with E-state index in [-0.39, 0.29) is 0 Å². The normalized spacial score (nSPS) is 7.57. The van der Waals surface area contributed by atoms with Crippen molar-refractivity contribution in [3.63, 3.8) is 0 Å². The molecule has 0 saturated carbocycles. The Hall–Kier alpha value is 0.150. The Morgan fingerprint density at radius 2 is 1.43 bits per heavy atom. The molecule has 4 heteroatoms. The van der Waals surface area contributed by atoms with Gasteiger partial charge in [0.25, 0.3) is 0 Å². The van der Waals surface area contributed by atoms with Gasteiger partial charge in [0, 0.05) is 0 Å². The summed E-state index contributed by atoms with van der Waals surface area (Å²) in [6, 6.07) is 0. The Kier molecular flexibility index (Phi) is 13.8. The molecular formula is C3H11O3P. The maximum Gasteiger partial charge on any atom is 0.314 e. The highest BCUT2D eigenvalue weighted by atomic mass is 31.1. The summed E-state index contributed by atoms with van der Waals surface area (Å²) < 4.78 is 8.74. The van der Waals surface area contributed by atoms with Crippen molar-refractivity contribution in [3.8, 4) is 0 Å². The lowest BCUT2D eigenvalue weighted by Crippen LogP contribution is -1.38. The Morgan fingerprint density at radius 3 is 1.43 bits per heavy atom. The van der Waals surface area contributed by atoms with Crippen molar-refractivity contribution in [2.75, 3.05) is 0 Å². The molecule has 0 atom stereocenters. The maximum atomic E-state index is 8.74. The summed E-state index contributed by atoms with van der Waals surface area (Å²) in [5, 5.41) is 0. The number of hydrogen-bond acceptors (Lipinski definition) is 1. The van der Waals surface area contributed by atoms with Gasteiger partial charge >= 0.3 is 8.25 Å². The molecule has 0 heterocycles. The molecule has 0 spiro atoms. The Bertz CT molecular complexity index is 41.4. The summed E-state index contributed by atoms with van der Waals surface area (Å²) in [5.74, 6) is 0. The fraction of sp³-hybridized carbons (Fsp3) is 1.00. The predicted molar refractivity (Wildman–Crippen MR) is 29.4 cm³/mol. The first-order valence-electron chi connectivity index (χ1n) is 2.07. The van der Waals surface area contributed by atoms with Gasteiger partial charge in [0.1, 0.15) is 0 Å². The SMILES string of the molecule is CCC.O=[PH](O)O. The average Bonchev–Trinajstić information content (AvgIpc) is 1.33. The highest BCUT2D eigenvalue weighted by Crippen LogP contribution is 1.98. The van der Waals surface area contributed by atoms with E-state index in [0.29, 0.717) is 0 Å². The lowest BCUT2D eigenvalue weighted by Gasteiger charge is -1.61. The molecular weight excluding hydrogens is 115 g/mol. The Labute approximate surface area is 43.9 Å². The molecule has 0 amide bonds. The summed E-state index contributed by atoms with van der Waals surface area (Å²) >= 11 is 0. The Balaban J connectivity index is 0. The van der Waals surface area contributed by atoms with E-state index in [1.54, 1.807) is 0 Å². The molecule has 2 N–H and O–H groups in total. The minimum absolute atomic E-state index is 1.25. The zero-order valence-electron chi connectivity index (χ0n) is 4.51. The third kappa shape index (κ3) is 4710. The van der Waals surface area contributed by atoms with Crippen LogP contribution in [-0.2, 0) is 4.57 Å². The maximum absolute atomic E-state index is 8.74. The first-order chi connectivity index (χ1) is 3.15. The molecule has 0 aliphatic carbocycles. The van der Waals surface area contributed by atoms with Gasteiger partial charge in [0.15, 0.2) is 0 Å². The lowest BCUT2D eigenvalue weighted by molar-refractivity contribution is 0.405.